The number of rotatable bonds is 11. The van der Waals surface area contributed by atoms with Gasteiger partial charge >= 0.3 is 5.97 Å². The third-order valence-electron chi connectivity index (χ3n) is 6.50. The second-order valence-electron chi connectivity index (χ2n) is 10.3. The second kappa shape index (κ2) is 13.8. The van der Waals surface area contributed by atoms with Crippen LogP contribution in [0.2, 0.25) is 0 Å². The number of hydrogen-bond acceptors (Lipinski definition) is 5. The van der Waals surface area contributed by atoms with Gasteiger partial charge < -0.3 is 19.7 Å². The van der Waals surface area contributed by atoms with Crippen LogP contribution in [0.15, 0.2) is 66.0 Å². The number of carbonyl (C=O) groups is 1. The first kappa shape index (κ1) is 31.1. The summed E-state index contributed by atoms with van der Waals surface area (Å²) in [5.41, 5.74) is 4.57. The lowest BCUT2D eigenvalue weighted by Gasteiger charge is -2.17. The van der Waals surface area contributed by atoms with Gasteiger partial charge in [-0.15, -0.1) is 17.3 Å². The third-order valence-corrected chi connectivity index (χ3v) is 7.46. The Balaban J connectivity index is 0.00000441. The molecule has 0 bridgehead atoms. The van der Waals surface area contributed by atoms with Gasteiger partial charge in [0.1, 0.15) is 18.1 Å². The van der Waals surface area contributed by atoms with Crippen LogP contribution in [0.3, 0.4) is 0 Å². The molecule has 0 aliphatic heterocycles. The summed E-state index contributed by atoms with van der Waals surface area (Å²) >= 11 is 1.71. The van der Waals surface area contributed by atoms with Crippen LogP contribution in [0.4, 0.5) is 0 Å². The van der Waals surface area contributed by atoms with Gasteiger partial charge in [-0.3, -0.25) is 4.79 Å². The van der Waals surface area contributed by atoms with E-state index in [0.717, 1.165) is 44.7 Å². The average molecular weight is 577 g/mol. The van der Waals surface area contributed by atoms with Gasteiger partial charge in [0.15, 0.2) is 0 Å². The van der Waals surface area contributed by atoms with E-state index in [0.29, 0.717) is 19.6 Å². The summed E-state index contributed by atoms with van der Waals surface area (Å²) in [7, 11) is 0. The molecule has 4 aromatic rings. The Hall–Kier alpha value is -3.44. The van der Waals surface area contributed by atoms with Crippen molar-refractivity contribution in [1.82, 2.24) is 0 Å². The molecule has 0 saturated heterocycles. The van der Waals surface area contributed by atoms with Gasteiger partial charge in [0.05, 0.1) is 24.5 Å². The third kappa shape index (κ3) is 8.28. The number of hydrogen-bond donors (Lipinski definition) is 2. The summed E-state index contributed by atoms with van der Waals surface area (Å²) in [6, 6.07) is 20.1. The first-order valence-electron chi connectivity index (χ1n) is 13.0. The molecule has 1 heterocycles. The molecule has 4 rings (SSSR count). The Bertz CT molecular complexity index is 1500. The molecule has 0 aliphatic rings. The largest absolute Gasteiger partial charge is 0.493 e. The summed E-state index contributed by atoms with van der Waals surface area (Å²) in [5, 5.41) is 22.4. The molecule has 0 spiro atoms. The standard InChI is InChI=1S/C33H34O5S.H2S/c1-5-6-25(18-32(34)35)24-9-7-23(8-10-24)20-38-27-12-14-31-29(19-27)30(21-39-31)28-13-11-26(17-22(28)2)37-16-15-33(3,4)36;/h7-14,17,19,21,25,36H,15-16,18,20H2,1-4H3,(H,34,35);1H2/t25-;/m0./s1. The molecule has 0 aliphatic carbocycles. The molecule has 0 fully saturated rings. The smallest absolute Gasteiger partial charge is 0.304 e. The van der Waals surface area contributed by atoms with Crippen molar-refractivity contribution in [3.05, 3.63) is 82.7 Å². The lowest BCUT2D eigenvalue weighted by molar-refractivity contribution is -0.137. The number of thiophene rings is 1. The number of carboxylic acid groups (broad SMARTS) is 1. The topological polar surface area (TPSA) is 76.0 Å². The zero-order valence-corrected chi connectivity index (χ0v) is 25.1. The summed E-state index contributed by atoms with van der Waals surface area (Å²) < 4.78 is 13.2. The normalized spacial score (nSPS) is 11.7. The van der Waals surface area contributed by atoms with Crippen LogP contribution >= 0.6 is 24.8 Å². The van der Waals surface area contributed by atoms with Gasteiger partial charge in [-0.05, 0) is 85.7 Å². The van der Waals surface area contributed by atoms with Crippen molar-refractivity contribution in [1.29, 1.82) is 0 Å². The van der Waals surface area contributed by atoms with E-state index < -0.39 is 11.6 Å². The zero-order chi connectivity index (χ0) is 28.0. The van der Waals surface area contributed by atoms with E-state index in [4.69, 9.17) is 9.47 Å². The first-order chi connectivity index (χ1) is 18.6. The summed E-state index contributed by atoms with van der Waals surface area (Å²) in [6.45, 7) is 8.23. The maximum Gasteiger partial charge on any atom is 0.304 e. The van der Waals surface area contributed by atoms with Crippen molar-refractivity contribution in [3.63, 3.8) is 0 Å². The number of ether oxygens (including phenoxy) is 2. The molecule has 210 valence electrons. The van der Waals surface area contributed by atoms with Crippen molar-refractivity contribution in [2.75, 3.05) is 6.61 Å². The molecule has 7 heteroatoms. The second-order valence-corrected chi connectivity index (χ2v) is 11.2. The number of aryl methyl sites for hydroxylation is 1. The molecule has 3 aromatic carbocycles. The molecule has 2 N–H and O–H groups in total. The minimum atomic E-state index is -0.861. The SMILES string of the molecule is CC#C[C@@H](CC(=O)O)c1ccc(COc2ccc3scc(-c4ccc(OCCC(C)(C)O)cc4C)c3c2)cc1.S. The van der Waals surface area contributed by atoms with Crippen LogP contribution in [-0.2, 0) is 11.4 Å². The Morgan fingerprint density at radius 1 is 1.00 bits per heavy atom. The van der Waals surface area contributed by atoms with Crippen LogP contribution in [0, 0.1) is 18.8 Å². The van der Waals surface area contributed by atoms with E-state index in [1.165, 1.54) is 4.70 Å². The van der Waals surface area contributed by atoms with Gasteiger partial charge in [0.2, 0.25) is 0 Å². The monoisotopic (exact) mass is 576 g/mol. The Kier molecular flexibility index (Phi) is 10.7. The zero-order valence-electron chi connectivity index (χ0n) is 23.3. The number of aliphatic hydroxyl groups is 1. The van der Waals surface area contributed by atoms with Gasteiger partial charge in [-0.1, -0.05) is 36.3 Å². The van der Waals surface area contributed by atoms with E-state index in [1.54, 1.807) is 32.1 Å². The predicted molar refractivity (Wildman–Crippen MR) is 168 cm³/mol. The molecule has 0 amide bonds. The van der Waals surface area contributed by atoms with E-state index >= 15 is 0 Å². The molecule has 1 aromatic heterocycles. The minimum absolute atomic E-state index is 0. The number of aliphatic carboxylic acids is 1. The van der Waals surface area contributed by atoms with Crippen LogP contribution < -0.4 is 9.47 Å². The number of carboxylic acids is 1. The highest BCUT2D eigenvalue weighted by Crippen LogP contribution is 2.38. The molecule has 5 nitrogen and oxygen atoms in total. The summed E-state index contributed by atoms with van der Waals surface area (Å²) in [5.74, 6) is 6.22. The number of benzene rings is 3. The highest BCUT2D eigenvalue weighted by Gasteiger charge is 2.15. The lowest BCUT2D eigenvalue weighted by atomic mass is 9.95. The Morgan fingerprint density at radius 2 is 1.70 bits per heavy atom. The van der Waals surface area contributed by atoms with Crippen LogP contribution in [-0.4, -0.2) is 28.4 Å². The quantitative estimate of drug-likeness (QED) is 0.179. The fourth-order valence-corrected chi connectivity index (χ4v) is 5.31. The van der Waals surface area contributed by atoms with E-state index in [-0.39, 0.29) is 25.8 Å². The van der Waals surface area contributed by atoms with Crippen LogP contribution in [0.5, 0.6) is 11.5 Å². The van der Waals surface area contributed by atoms with Crippen molar-refractivity contribution in [2.24, 2.45) is 0 Å². The van der Waals surface area contributed by atoms with Gasteiger partial charge in [-0.25, -0.2) is 0 Å². The molecular weight excluding hydrogens is 540 g/mol. The first-order valence-corrected chi connectivity index (χ1v) is 13.8. The summed E-state index contributed by atoms with van der Waals surface area (Å²) in [4.78, 5) is 11.2. The average Bonchev–Trinajstić information content (AvgIpc) is 3.30. The summed E-state index contributed by atoms with van der Waals surface area (Å²) in [6.07, 6.45) is 0.547. The van der Waals surface area contributed by atoms with Gasteiger partial charge in [0.25, 0.3) is 0 Å². The van der Waals surface area contributed by atoms with Gasteiger partial charge in [-0.2, -0.15) is 13.5 Å². The number of fused-ring (bicyclic) bond motifs is 1. The molecular formula is C33H36O5S2. The maximum atomic E-state index is 11.2. The molecule has 40 heavy (non-hydrogen) atoms. The van der Waals surface area contributed by atoms with Crippen molar-refractivity contribution in [3.8, 4) is 34.5 Å². The molecule has 1 atom stereocenters. The molecule has 0 saturated carbocycles. The molecule has 0 radical (unpaired) electrons. The Morgan fingerprint density at radius 3 is 2.35 bits per heavy atom. The van der Waals surface area contributed by atoms with E-state index in [2.05, 4.69) is 42.3 Å². The van der Waals surface area contributed by atoms with E-state index in [9.17, 15) is 15.0 Å². The highest BCUT2D eigenvalue weighted by atomic mass is 32.1. The van der Waals surface area contributed by atoms with Gasteiger partial charge in [0, 0.05) is 22.1 Å². The Labute approximate surface area is 247 Å². The fraction of sp³-hybridized carbons (Fsp3) is 0.303. The van der Waals surface area contributed by atoms with Crippen molar-refractivity contribution in [2.45, 2.75) is 58.7 Å². The predicted octanol–water partition coefficient (Wildman–Crippen LogP) is 7.69. The maximum absolute atomic E-state index is 11.2. The van der Waals surface area contributed by atoms with Crippen LogP contribution in [0.1, 0.15) is 56.2 Å². The minimum Gasteiger partial charge on any atom is -0.493 e. The lowest BCUT2D eigenvalue weighted by Crippen LogP contribution is -2.21. The van der Waals surface area contributed by atoms with Crippen LogP contribution in [0.25, 0.3) is 21.2 Å². The van der Waals surface area contributed by atoms with Crippen molar-refractivity contribution >= 4 is 40.9 Å². The van der Waals surface area contributed by atoms with Crippen molar-refractivity contribution < 1.29 is 24.5 Å². The van der Waals surface area contributed by atoms with E-state index in [1.807, 2.05) is 42.5 Å². The highest BCUT2D eigenvalue weighted by molar-refractivity contribution is 7.59. The fourth-order valence-electron chi connectivity index (χ4n) is 4.37. The molecule has 0 unspecified atom stereocenters.